The van der Waals surface area contributed by atoms with Gasteiger partial charge in [0.1, 0.15) is 6.10 Å². The van der Waals surface area contributed by atoms with Crippen LogP contribution in [0.25, 0.3) is 0 Å². The maximum atomic E-state index is 11.9. The van der Waals surface area contributed by atoms with Gasteiger partial charge >= 0.3 is 0 Å². The van der Waals surface area contributed by atoms with Crippen molar-refractivity contribution < 1.29 is 17.9 Å². The quantitative estimate of drug-likeness (QED) is 0.666. The Hall–Kier alpha value is -0.660. The molecule has 1 unspecified atom stereocenters. The van der Waals surface area contributed by atoms with Gasteiger partial charge in [0.15, 0.2) is 9.84 Å². The highest BCUT2D eigenvalue weighted by molar-refractivity contribution is 7.91. The number of ether oxygens (including phenoxy) is 1. The van der Waals surface area contributed by atoms with Crippen LogP contribution in [-0.4, -0.2) is 63.6 Å². The number of nitrogens with zero attached hydrogens (tertiary/aromatic N) is 1. The number of carbonyl (C=O) groups excluding carboxylic acids is 1. The number of sulfone groups is 1. The molecule has 2 N–H and O–H groups in total. The maximum absolute atomic E-state index is 11.9. The standard InChI is InChI=1S/C9H18N2O4S/c1-15-8(7-10)9(12)11-3-2-5-16(13,14)6-4-11/h8H,2-7,10H2,1H3. The number of methoxy groups -OCH3 is 1. The zero-order chi connectivity index (χ0) is 12.2. The molecule has 1 rings (SSSR count). The lowest BCUT2D eigenvalue weighted by Crippen LogP contribution is -2.44. The first-order valence-corrected chi connectivity index (χ1v) is 7.04. The first-order valence-electron chi connectivity index (χ1n) is 5.22. The fourth-order valence-corrected chi connectivity index (χ4v) is 2.93. The Morgan fingerprint density at radius 1 is 1.44 bits per heavy atom. The molecule has 94 valence electrons. The van der Waals surface area contributed by atoms with Crippen molar-refractivity contribution in [3.8, 4) is 0 Å². The van der Waals surface area contributed by atoms with Crippen LogP contribution in [0.3, 0.4) is 0 Å². The lowest BCUT2D eigenvalue weighted by molar-refractivity contribution is -0.141. The second kappa shape index (κ2) is 5.60. The molecule has 1 aliphatic heterocycles. The molecule has 0 radical (unpaired) electrons. The normalized spacial score (nSPS) is 22.5. The molecule has 1 aliphatic rings. The van der Waals surface area contributed by atoms with Crippen molar-refractivity contribution in [2.75, 3.05) is 38.2 Å². The molecule has 16 heavy (non-hydrogen) atoms. The highest BCUT2D eigenvalue weighted by atomic mass is 32.2. The summed E-state index contributed by atoms with van der Waals surface area (Å²) in [5.74, 6) is -0.0429. The second-order valence-electron chi connectivity index (χ2n) is 3.79. The van der Waals surface area contributed by atoms with Crippen molar-refractivity contribution in [3.05, 3.63) is 0 Å². The van der Waals surface area contributed by atoms with Crippen LogP contribution >= 0.6 is 0 Å². The Balaban J connectivity index is 2.64. The Kier molecular flexibility index (Phi) is 4.69. The van der Waals surface area contributed by atoms with Crippen molar-refractivity contribution in [1.82, 2.24) is 4.90 Å². The van der Waals surface area contributed by atoms with Gasteiger partial charge in [0.05, 0.1) is 11.5 Å². The number of rotatable bonds is 3. The molecule has 1 fully saturated rings. The summed E-state index contributed by atoms with van der Waals surface area (Å²) >= 11 is 0. The second-order valence-corrected chi connectivity index (χ2v) is 6.09. The summed E-state index contributed by atoms with van der Waals surface area (Å²) in [4.78, 5) is 13.4. The van der Waals surface area contributed by atoms with Gasteiger partial charge < -0.3 is 15.4 Å². The third kappa shape index (κ3) is 3.43. The summed E-state index contributed by atoms with van der Waals surface area (Å²) in [6, 6.07) is 0. The molecule has 0 saturated carbocycles. The van der Waals surface area contributed by atoms with Gasteiger partial charge in [-0.25, -0.2) is 8.42 Å². The Morgan fingerprint density at radius 2 is 2.12 bits per heavy atom. The minimum absolute atomic E-state index is 0.0275. The topological polar surface area (TPSA) is 89.7 Å². The van der Waals surface area contributed by atoms with Crippen LogP contribution in [0, 0.1) is 0 Å². The van der Waals surface area contributed by atoms with Gasteiger partial charge in [-0.1, -0.05) is 0 Å². The smallest absolute Gasteiger partial charge is 0.253 e. The van der Waals surface area contributed by atoms with E-state index in [-0.39, 0.29) is 30.5 Å². The van der Waals surface area contributed by atoms with Crippen molar-refractivity contribution >= 4 is 15.7 Å². The van der Waals surface area contributed by atoms with Gasteiger partial charge in [0, 0.05) is 26.7 Å². The molecule has 0 bridgehead atoms. The fourth-order valence-electron chi connectivity index (χ4n) is 1.66. The van der Waals surface area contributed by atoms with Crippen LogP contribution in [0.4, 0.5) is 0 Å². The fraction of sp³-hybridized carbons (Fsp3) is 0.889. The average Bonchev–Trinajstić information content (AvgIpc) is 2.41. The minimum Gasteiger partial charge on any atom is -0.370 e. The van der Waals surface area contributed by atoms with E-state index >= 15 is 0 Å². The molecule has 0 aromatic heterocycles. The summed E-state index contributed by atoms with van der Waals surface area (Å²) < 4.78 is 27.6. The lowest BCUT2D eigenvalue weighted by atomic mass is 10.3. The van der Waals surface area contributed by atoms with E-state index < -0.39 is 15.9 Å². The molecule has 1 amide bonds. The third-order valence-electron chi connectivity index (χ3n) is 2.64. The molecule has 1 heterocycles. The summed E-state index contributed by atoms with van der Waals surface area (Å²) in [7, 11) is -1.57. The maximum Gasteiger partial charge on any atom is 0.253 e. The average molecular weight is 250 g/mol. The Morgan fingerprint density at radius 3 is 2.69 bits per heavy atom. The largest absolute Gasteiger partial charge is 0.370 e. The van der Waals surface area contributed by atoms with Crippen LogP contribution in [-0.2, 0) is 19.4 Å². The van der Waals surface area contributed by atoms with E-state index in [1.807, 2.05) is 0 Å². The molecule has 1 saturated heterocycles. The number of hydrogen-bond acceptors (Lipinski definition) is 5. The van der Waals surface area contributed by atoms with E-state index in [1.165, 1.54) is 12.0 Å². The monoisotopic (exact) mass is 250 g/mol. The predicted molar refractivity (Wildman–Crippen MR) is 59.7 cm³/mol. The zero-order valence-electron chi connectivity index (χ0n) is 9.39. The molecule has 0 spiro atoms. The SMILES string of the molecule is COC(CN)C(=O)N1CCCS(=O)(=O)CC1. The minimum atomic E-state index is -2.99. The Labute approximate surface area is 95.7 Å². The number of nitrogens with two attached hydrogens (primary N) is 1. The summed E-state index contributed by atoms with van der Waals surface area (Å²) in [5, 5.41) is 0. The van der Waals surface area contributed by atoms with E-state index in [1.54, 1.807) is 0 Å². The zero-order valence-corrected chi connectivity index (χ0v) is 10.2. The number of amides is 1. The molecule has 6 nitrogen and oxygen atoms in total. The van der Waals surface area contributed by atoms with E-state index in [0.717, 1.165) is 0 Å². The van der Waals surface area contributed by atoms with Crippen LogP contribution < -0.4 is 5.73 Å². The number of hydrogen-bond donors (Lipinski definition) is 1. The molecule has 0 aromatic carbocycles. The van der Waals surface area contributed by atoms with E-state index in [0.29, 0.717) is 13.0 Å². The van der Waals surface area contributed by atoms with Crippen LogP contribution in [0.15, 0.2) is 0 Å². The van der Waals surface area contributed by atoms with Gasteiger partial charge in [-0.3, -0.25) is 4.79 Å². The molecule has 1 atom stereocenters. The van der Waals surface area contributed by atoms with Gasteiger partial charge in [0.25, 0.3) is 5.91 Å². The van der Waals surface area contributed by atoms with Crippen molar-refractivity contribution in [1.29, 1.82) is 0 Å². The third-order valence-corrected chi connectivity index (χ3v) is 4.36. The van der Waals surface area contributed by atoms with Crippen LogP contribution in [0.5, 0.6) is 0 Å². The first kappa shape index (κ1) is 13.4. The van der Waals surface area contributed by atoms with Gasteiger partial charge in [-0.2, -0.15) is 0 Å². The highest BCUT2D eigenvalue weighted by Crippen LogP contribution is 2.07. The van der Waals surface area contributed by atoms with E-state index in [9.17, 15) is 13.2 Å². The van der Waals surface area contributed by atoms with Crippen molar-refractivity contribution in [3.63, 3.8) is 0 Å². The first-order chi connectivity index (χ1) is 7.50. The highest BCUT2D eigenvalue weighted by Gasteiger charge is 2.26. The van der Waals surface area contributed by atoms with E-state index in [4.69, 9.17) is 10.5 Å². The van der Waals surface area contributed by atoms with E-state index in [2.05, 4.69) is 0 Å². The van der Waals surface area contributed by atoms with Crippen molar-refractivity contribution in [2.24, 2.45) is 5.73 Å². The molecule has 0 aliphatic carbocycles. The molecule has 7 heteroatoms. The summed E-state index contributed by atoms with van der Waals surface area (Å²) in [5.41, 5.74) is 5.39. The van der Waals surface area contributed by atoms with Crippen LogP contribution in [0.2, 0.25) is 0 Å². The summed E-state index contributed by atoms with van der Waals surface area (Å²) in [6.07, 6.45) is -0.185. The van der Waals surface area contributed by atoms with Gasteiger partial charge in [0.2, 0.25) is 0 Å². The molecular weight excluding hydrogens is 232 g/mol. The predicted octanol–water partition coefficient (Wildman–Crippen LogP) is -1.39. The Bertz CT molecular complexity index is 337. The van der Waals surface area contributed by atoms with Crippen molar-refractivity contribution in [2.45, 2.75) is 12.5 Å². The lowest BCUT2D eigenvalue weighted by Gasteiger charge is -2.23. The van der Waals surface area contributed by atoms with Crippen LogP contribution in [0.1, 0.15) is 6.42 Å². The van der Waals surface area contributed by atoms with Gasteiger partial charge in [-0.05, 0) is 6.42 Å². The number of carbonyl (C=O) groups is 1. The molecular formula is C9H18N2O4S. The van der Waals surface area contributed by atoms with Gasteiger partial charge in [-0.15, -0.1) is 0 Å². The summed E-state index contributed by atoms with van der Waals surface area (Å²) in [6.45, 7) is 0.803. The molecule has 0 aromatic rings.